The summed E-state index contributed by atoms with van der Waals surface area (Å²) in [6, 6.07) is 58.9. The largest absolute Gasteiger partial charge is 0.453 e. The lowest BCUT2D eigenvalue weighted by Crippen LogP contribution is -2.36. The lowest BCUT2D eigenvalue weighted by atomic mass is 9.59. The summed E-state index contributed by atoms with van der Waals surface area (Å²) < 4.78 is 6.33. The van der Waals surface area contributed by atoms with Crippen molar-refractivity contribution in [3.05, 3.63) is 192 Å². The molecule has 7 aromatic rings. The summed E-state index contributed by atoms with van der Waals surface area (Å²) in [6.07, 6.45) is 0. The maximum Gasteiger partial charge on any atom is 0.151 e. The van der Waals surface area contributed by atoms with Crippen LogP contribution in [0.2, 0.25) is 0 Å². The molecule has 0 unspecified atom stereocenters. The number of nitrogens with zero attached hydrogens (tertiary/aromatic N) is 1. The summed E-state index contributed by atoms with van der Waals surface area (Å²) in [7, 11) is 0. The van der Waals surface area contributed by atoms with Crippen LogP contribution < -0.4 is 25.6 Å². The van der Waals surface area contributed by atoms with E-state index < -0.39 is 6.04 Å². The summed E-state index contributed by atoms with van der Waals surface area (Å²) in [5, 5.41) is 3.63. The van der Waals surface area contributed by atoms with Gasteiger partial charge in [0.1, 0.15) is 0 Å². The van der Waals surface area contributed by atoms with Crippen molar-refractivity contribution >= 4 is 50.8 Å². The third kappa shape index (κ3) is 5.02. The molecule has 7 aromatic carbocycles. The maximum atomic E-state index is 6.63. The zero-order chi connectivity index (χ0) is 35.7. The average molecular weight is 710 g/mol. The molecule has 0 fully saturated rings. The van der Waals surface area contributed by atoms with Gasteiger partial charge in [-0.1, -0.05) is 167 Å². The third-order valence-electron chi connectivity index (χ3n) is 11.2. The Hall–Kier alpha value is -5.21. The summed E-state index contributed by atoms with van der Waals surface area (Å²) in [5.41, 5.74) is 10.7. The van der Waals surface area contributed by atoms with Crippen molar-refractivity contribution in [2.24, 2.45) is 0 Å². The number of anilines is 3. The Bertz CT molecular complexity index is 2430. The number of rotatable bonds is 5. The van der Waals surface area contributed by atoms with E-state index in [4.69, 9.17) is 16.5 Å². The fraction of sp³-hybridized carbons (Fsp3) is 0.125. The Balaban J connectivity index is 1.10. The van der Waals surface area contributed by atoms with E-state index in [1.165, 1.54) is 49.3 Å². The molecule has 0 bridgehead atoms. The van der Waals surface area contributed by atoms with Gasteiger partial charge in [0.2, 0.25) is 0 Å². The smallest absolute Gasteiger partial charge is 0.151 e. The number of hydrogen-bond donors (Lipinski definition) is 0. The number of hydrogen-bond acceptors (Lipinski definition) is 3. The van der Waals surface area contributed by atoms with E-state index in [9.17, 15) is 0 Å². The molecular weight excluding hydrogens is 670 g/mol. The van der Waals surface area contributed by atoms with Crippen LogP contribution in [0, 0.1) is 0 Å². The van der Waals surface area contributed by atoms with Gasteiger partial charge in [-0.15, -0.1) is 0 Å². The Morgan fingerprint density at radius 2 is 0.885 bits per heavy atom. The highest BCUT2D eigenvalue weighted by atomic mass is 32.4. The third-order valence-corrected chi connectivity index (χ3v) is 16.2. The number of ether oxygens (including phenoxy) is 1. The number of para-hydroxylation sites is 4. The quantitative estimate of drug-likeness (QED) is 0.165. The van der Waals surface area contributed by atoms with Crippen molar-refractivity contribution in [3.8, 4) is 22.6 Å². The molecule has 4 heteroatoms. The van der Waals surface area contributed by atoms with Crippen molar-refractivity contribution in [2.75, 3.05) is 4.90 Å². The van der Waals surface area contributed by atoms with Crippen LogP contribution >= 0.6 is 6.04 Å². The number of benzene rings is 7. The van der Waals surface area contributed by atoms with Gasteiger partial charge in [-0.05, 0) is 91.8 Å². The molecule has 2 nitrogen and oxygen atoms in total. The topological polar surface area (TPSA) is 12.5 Å². The molecule has 2 aliphatic rings. The first-order chi connectivity index (χ1) is 25.2. The van der Waals surface area contributed by atoms with E-state index in [1.54, 1.807) is 0 Å². The molecule has 0 saturated heterocycles. The SMILES string of the molecule is CC1(C)c2ccc(N3c4ccccc4Oc4ccccc43)cc2C(C)(C)c2ccc(-c3ccc(P(=S)(c4ccccc4)c4ccccc4)cc3)cc21. The standard InChI is InChI=1S/C48H40NOPS/c1-47(2)40-30-26-35(49-43-19-11-13-21-45(43)50-46-22-14-12-20-44(46)49)32-42(40)48(3,4)39-29-25-34(31-41(39)47)33-23-27-38(28-24-33)51(52,36-15-7-5-8-16-36)37-17-9-6-10-18-37/h5-32H,1-4H3. The molecule has 0 radical (unpaired) electrons. The summed E-state index contributed by atoms with van der Waals surface area (Å²) >= 11 is 6.63. The minimum Gasteiger partial charge on any atom is -0.453 e. The Morgan fingerprint density at radius 1 is 0.442 bits per heavy atom. The van der Waals surface area contributed by atoms with Crippen molar-refractivity contribution in [1.82, 2.24) is 0 Å². The van der Waals surface area contributed by atoms with Gasteiger partial charge in [0, 0.05) is 22.6 Å². The van der Waals surface area contributed by atoms with E-state index >= 15 is 0 Å². The average Bonchev–Trinajstić information content (AvgIpc) is 3.19. The molecule has 0 atom stereocenters. The highest BCUT2D eigenvalue weighted by molar-refractivity contribution is 8.25. The van der Waals surface area contributed by atoms with Gasteiger partial charge in [-0.25, -0.2) is 0 Å². The fourth-order valence-electron chi connectivity index (χ4n) is 8.38. The predicted octanol–water partition coefficient (Wildman–Crippen LogP) is 11.7. The normalized spacial score (nSPS) is 15.0. The van der Waals surface area contributed by atoms with Gasteiger partial charge in [0.25, 0.3) is 0 Å². The second-order valence-corrected chi connectivity index (χ2v) is 19.4. The highest BCUT2D eigenvalue weighted by Crippen LogP contribution is 2.54. The summed E-state index contributed by atoms with van der Waals surface area (Å²) in [6.45, 7) is 9.50. The molecule has 0 spiro atoms. The summed E-state index contributed by atoms with van der Waals surface area (Å²) in [5.74, 6) is 1.73. The van der Waals surface area contributed by atoms with Gasteiger partial charge in [0.05, 0.1) is 11.4 Å². The van der Waals surface area contributed by atoms with E-state index in [1.807, 2.05) is 24.3 Å². The molecular formula is C48H40NOPS. The molecule has 0 saturated carbocycles. The minimum atomic E-state index is -2.21. The van der Waals surface area contributed by atoms with Crippen LogP contribution in [-0.2, 0) is 22.6 Å². The lowest BCUT2D eigenvalue weighted by Gasteiger charge is -2.45. The molecule has 9 rings (SSSR count). The van der Waals surface area contributed by atoms with Crippen molar-refractivity contribution < 1.29 is 4.74 Å². The van der Waals surface area contributed by atoms with Gasteiger partial charge >= 0.3 is 0 Å². The van der Waals surface area contributed by atoms with E-state index in [0.29, 0.717) is 0 Å². The van der Waals surface area contributed by atoms with Crippen LogP contribution in [0.4, 0.5) is 17.1 Å². The van der Waals surface area contributed by atoms with Crippen LogP contribution in [0.1, 0.15) is 49.9 Å². The lowest BCUT2D eigenvalue weighted by molar-refractivity contribution is 0.477. The fourth-order valence-corrected chi connectivity index (χ4v) is 12.1. The Morgan fingerprint density at radius 3 is 1.44 bits per heavy atom. The maximum absolute atomic E-state index is 6.63. The van der Waals surface area contributed by atoms with Crippen LogP contribution in [0.3, 0.4) is 0 Å². The second-order valence-electron chi connectivity index (χ2n) is 14.9. The van der Waals surface area contributed by atoms with E-state index in [-0.39, 0.29) is 10.8 Å². The van der Waals surface area contributed by atoms with E-state index in [2.05, 4.69) is 178 Å². The van der Waals surface area contributed by atoms with Crippen LogP contribution in [0.15, 0.2) is 170 Å². The molecule has 254 valence electrons. The van der Waals surface area contributed by atoms with Gasteiger partial charge < -0.3 is 9.64 Å². The first-order valence-electron chi connectivity index (χ1n) is 18.0. The second kappa shape index (κ2) is 12.2. The first kappa shape index (κ1) is 32.7. The van der Waals surface area contributed by atoms with Gasteiger partial charge in [0.15, 0.2) is 11.5 Å². The zero-order valence-corrected chi connectivity index (χ0v) is 31.6. The summed E-state index contributed by atoms with van der Waals surface area (Å²) in [4.78, 5) is 2.34. The number of fused-ring (bicyclic) bond motifs is 4. The monoisotopic (exact) mass is 709 g/mol. The molecule has 0 aromatic heterocycles. The van der Waals surface area contributed by atoms with E-state index in [0.717, 1.165) is 28.6 Å². The molecule has 52 heavy (non-hydrogen) atoms. The van der Waals surface area contributed by atoms with Crippen molar-refractivity contribution in [3.63, 3.8) is 0 Å². The van der Waals surface area contributed by atoms with Gasteiger partial charge in [-0.2, -0.15) is 0 Å². The molecule has 0 N–H and O–H groups in total. The molecule has 1 aliphatic carbocycles. The predicted molar refractivity (Wildman–Crippen MR) is 223 cm³/mol. The Kier molecular flexibility index (Phi) is 7.66. The van der Waals surface area contributed by atoms with Crippen LogP contribution in [0.5, 0.6) is 11.5 Å². The first-order valence-corrected chi connectivity index (χ1v) is 20.8. The van der Waals surface area contributed by atoms with Crippen LogP contribution in [-0.4, -0.2) is 0 Å². The molecule has 1 aliphatic heterocycles. The molecule has 0 amide bonds. The van der Waals surface area contributed by atoms with Crippen molar-refractivity contribution in [2.45, 2.75) is 38.5 Å². The minimum absolute atomic E-state index is 0.197. The molecule has 1 heterocycles. The van der Waals surface area contributed by atoms with Crippen LogP contribution in [0.25, 0.3) is 11.1 Å². The van der Waals surface area contributed by atoms with Gasteiger partial charge in [-0.3, -0.25) is 0 Å². The highest BCUT2D eigenvalue weighted by Gasteiger charge is 2.42. The zero-order valence-electron chi connectivity index (χ0n) is 29.9. The Labute approximate surface area is 312 Å². The van der Waals surface area contributed by atoms with Crippen molar-refractivity contribution in [1.29, 1.82) is 0 Å².